The van der Waals surface area contributed by atoms with Gasteiger partial charge in [-0.05, 0) is 24.3 Å². The number of para-hydroxylation sites is 1. The lowest BCUT2D eigenvalue weighted by Gasteiger charge is -2.13. The third-order valence-corrected chi connectivity index (χ3v) is 4.02. The van der Waals surface area contributed by atoms with Gasteiger partial charge in [-0.1, -0.05) is 36.4 Å². The van der Waals surface area contributed by atoms with E-state index in [2.05, 4.69) is 0 Å². The van der Waals surface area contributed by atoms with Crippen LogP contribution in [0.25, 0.3) is 0 Å². The van der Waals surface area contributed by atoms with Crippen LogP contribution in [-0.4, -0.2) is 6.03 Å². The van der Waals surface area contributed by atoms with Gasteiger partial charge in [-0.3, -0.25) is 9.36 Å². The molecule has 2 aromatic carbocycles. The molecule has 0 saturated heterocycles. The van der Waals surface area contributed by atoms with E-state index in [-0.39, 0.29) is 0 Å². The molecule has 1 atom stereocenters. The molecule has 2 rings (SSSR count). The van der Waals surface area contributed by atoms with Gasteiger partial charge in [0.05, 0.1) is 5.30 Å². The maximum Gasteiger partial charge on any atom is 0.338 e. The summed E-state index contributed by atoms with van der Waals surface area (Å²) >= 11 is 0. The third-order valence-electron chi connectivity index (χ3n) is 2.24. The first-order valence-electron chi connectivity index (χ1n) is 5.11. The molecular weight excluding hydrogens is 235 g/mol. The van der Waals surface area contributed by atoms with Gasteiger partial charge in [0.2, 0.25) is 6.03 Å². The zero-order chi connectivity index (χ0) is 12.1. The number of benzene rings is 2. The molecule has 0 aliphatic rings. The molecule has 0 N–H and O–H groups in total. The van der Waals surface area contributed by atoms with E-state index < -0.39 is 7.37 Å². The Hall–Kier alpha value is -1.86. The summed E-state index contributed by atoms with van der Waals surface area (Å²) in [5.74, 6) is 0.423. The highest BCUT2D eigenvalue weighted by Gasteiger charge is 2.26. The predicted molar refractivity (Wildman–Crippen MR) is 67.5 cm³/mol. The minimum Gasteiger partial charge on any atom is -0.435 e. The van der Waals surface area contributed by atoms with Crippen LogP contribution < -0.4 is 9.83 Å². The fraction of sp³-hybridized carbons (Fsp3) is 0. The Morgan fingerprint density at radius 1 is 0.882 bits per heavy atom. The molecule has 0 aromatic heterocycles. The summed E-state index contributed by atoms with van der Waals surface area (Å²) in [5.41, 5.74) is 0. The first kappa shape index (κ1) is 11.6. The SMILES string of the molecule is O=CP(=O)(Oc1ccccc1)c1ccccc1. The molecule has 2 aromatic rings. The van der Waals surface area contributed by atoms with Gasteiger partial charge in [0.25, 0.3) is 0 Å². The van der Waals surface area contributed by atoms with E-state index >= 15 is 0 Å². The van der Waals surface area contributed by atoms with Gasteiger partial charge in [-0.25, -0.2) is 0 Å². The molecule has 1 unspecified atom stereocenters. The first-order chi connectivity index (χ1) is 8.24. The van der Waals surface area contributed by atoms with E-state index in [4.69, 9.17) is 4.52 Å². The van der Waals surface area contributed by atoms with Crippen LogP contribution in [0.15, 0.2) is 60.7 Å². The fourth-order valence-corrected chi connectivity index (χ4v) is 2.70. The van der Waals surface area contributed by atoms with Crippen LogP contribution in [0.3, 0.4) is 0 Å². The average Bonchev–Trinajstić information content (AvgIpc) is 2.41. The maximum absolute atomic E-state index is 12.4. The molecule has 0 amide bonds. The summed E-state index contributed by atoms with van der Waals surface area (Å²) in [4.78, 5) is 11.0. The summed E-state index contributed by atoms with van der Waals surface area (Å²) in [6.07, 6.45) is 0. The standard InChI is InChI=1S/C13H11O3P/c14-11-17(15,13-9-5-2-6-10-13)16-12-7-3-1-4-8-12/h1-11H. The molecule has 17 heavy (non-hydrogen) atoms. The number of carbonyl (C=O) groups excluding carboxylic acids is 1. The Balaban J connectivity index is 2.34. The Morgan fingerprint density at radius 3 is 1.94 bits per heavy atom. The molecule has 0 aliphatic carbocycles. The number of hydrogen-bond acceptors (Lipinski definition) is 3. The Morgan fingerprint density at radius 2 is 1.41 bits per heavy atom. The molecule has 0 saturated carbocycles. The van der Waals surface area contributed by atoms with E-state index in [9.17, 15) is 9.36 Å². The smallest absolute Gasteiger partial charge is 0.338 e. The van der Waals surface area contributed by atoms with Crippen molar-refractivity contribution in [1.82, 2.24) is 0 Å². The topological polar surface area (TPSA) is 43.4 Å². The number of carbonyl (C=O) groups is 1. The Bertz CT molecular complexity index is 537. The van der Waals surface area contributed by atoms with Gasteiger partial charge in [-0.15, -0.1) is 0 Å². The normalized spacial score (nSPS) is 13.6. The zero-order valence-electron chi connectivity index (χ0n) is 9.02. The largest absolute Gasteiger partial charge is 0.435 e. The summed E-state index contributed by atoms with van der Waals surface area (Å²) in [6, 6.07) is 17.5. The van der Waals surface area contributed by atoms with Crippen molar-refractivity contribution in [3.63, 3.8) is 0 Å². The van der Waals surface area contributed by atoms with Gasteiger partial charge in [-0.2, -0.15) is 0 Å². The summed E-state index contributed by atoms with van der Waals surface area (Å²) < 4.78 is 17.7. The Kier molecular flexibility index (Phi) is 3.40. The summed E-state index contributed by atoms with van der Waals surface area (Å²) in [7, 11) is -3.46. The molecular formula is C13H11O3P. The van der Waals surface area contributed by atoms with Gasteiger partial charge < -0.3 is 4.52 Å². The van der Waals surface area contributed by atoms with Crippen molar-refractivity contribution in [1.29, 1.82) is 0 Å². The van der Waals surface area contributed by atoms with Crippen molar-refractivity contribution in [3.05, 3.63) is 60.7 Å². The summed E-state index contributed by atoms with van der Waals surface area (Å²) in [5, 5.41) is 0.402. The van der Waals surface area contributed by atoms with Crippen LogP contribution in [0.2, 0.25) is 0 Å². The number of rotatable bonds is 4. The second-order valence-electron chi connectivity index (χ2n) is 3.44. The molecule has 4 heteroatoms. The lowest BCUT2D eigenvalue weighted by atomic mass is 10.3. The zero-order valence-corrected chi connectivity index (χ0v) is 9.92. The summed E-state index contributed by atoms with van der Waals surface area (Å²) in [6.45, 7) is 0. The van der Waals surface area contributed by atoms with Crippen molar-refractivity contribution < 1.29 is 13.9 Å². The lowest BCUT2D eigenvalue weighted by molar-refractivity contribution is 0.494. The van der Waals surface area contributed by atoms with Crippen molar-refractivity contribution in [3.8, 4) is 5.75 Å². The molecule has 0 fully saturated rings. The van der Waals surface area contributed by atoms with Crippen LogP contribution >= 0.6 is 7.37 Å². The average molecular weight is 246 g/mol. The van der Waals surface area contributed by atoms with Crippen molar-refractivity contribution in [2.45, 2.75) is 0 Å². The van der Waals surface area contributed by atoms with Crippen LogP contribution in [0, 0.1) is 0 Å². The van der Waals surface area contributed by atoms with Crippen molar-refractivity contribution in [2.24, 2.45) is 0 Å². The van der Waals surface area contributed by atoms with Gasteiger partial charge >= 0.3 is 7.37 Å². The highest BCUT2D eigenvalue weighted by molar-refractivity contribution is 7.81. The Labute approximate surface area is 99.5 Å². The van der Waals surface area contributed by atoms with Gasteiger partial charge in [0.15, 0.2) is 0 Å². The molecule has 0 radical (unpaired) electrons. The minimum absolute atomic E-state index is 0.384. The maximum atomic E-state index is 12.4. The molecule has 86 valence electrons. The molecule has 3 nitrogen and oxygen atoms in total. The van der Waals surface area contributed by atoms with E-state index in [1.165, 1.54) is 0 Å². The van der Waals surface area contributed by atoms with Gasteiger partial charge in [0.1, 0.15) is 5.75 Å². The quantitative estimate of drug-likeness (QED) is 0.615. The third kappa shape index (κ3) is 2.63. The van der Waals surface area contributed by atoms with E-state index in [1.54, 1.807) is 54.6 Å². The molecule has 0 bridgehead atoms. The van der Waals surface area contributed by atoms with E-state index in [0.717, 1.165) is 0 Å². The van der Waals surface area contributed by atoms with Gasteiger partial charge in [0, 0.05) is 0 Å². The van der Waals surface area contributed by atoms with Crippen LogP contribution in [0.1, 0.15) is 0 Å². The molecule has 0 heterocycles. The van der Waals surface area contributed by atoms with Crippen LogP contribution in [0.5, 0.6) is 5.75 Å². The highest BCUT2D eigenvalue weighted by atomic mass is 31.2. The van der Waals surface area contributed by atoms with Crippen LogP contribution in [0.4, 0.5) is 0 Å². The predicted octanol–water partition coefficient (Wildman–Crippen LogP) is 2.86. The van der Waals surface area contributed by atoms with Crippen molar-refractivity contribution >= 4 is 18.7 Å². The lowest BCUT2D eigenvalue weighted by Crippen LogP contribution is -2.09. The fourth-order valence-electron chi connectivity index (χ4n) is 1.41. The molecule has 0 aliphatic heterocycles. The van der Waals surface area contributed by atoms with E-state index in [1.807, 2.05) is 6.07 Å². The number of hydrogen-bond donors (Lipinski definition) is 0. The second kappa shape index (κ2) is 4.98. The van der Waals surface area contributed by atoms with Crippen LogP contribution in [-0.2, 0) is 9.36 Å². The monoisotopic (exact) mass is 246 g/mol. The second-order valence-corrected chi connectivity index (χ2v) is 5.55. The van der Waals surface area contributed by atoms with E-state index in [0.29, 0.717) is 17.1 Å². The first-order valence-corrected chi connectivity index (χ1v) is 6.80. The molecule has 0 spiro atoms. The minimum atomic E-state index is -3.46. The highest BCUT2D eigenvalue weighted by Crippen LogP contribution is 2.42. The van der Waals surface area contributed by atoms with Crippen molar-refractivity contribution in [2.75, 3.05) is 0 Å².